The van der Waals surface area contributed by atoms with Crippen molar-refractivity contribution in [1.82, 2.24) is 4.57 Å². The van der Waals surface area contributed by atoms with E-state index in [1.54, 1.807) is 12.1 Å². The first kappa shape index (κ1) is 14.3. The Balaban J connectivity index is 3.01. The van der Waals surface area contributed by atoms with E-state index in [-0.39, 0.29) is 17.4 Å². The number of carboxylic acid groups (broad SMARTS) is 1. The third kappa shape index (κ3) is 2.01. The Morgan fingerprint density at radius 3 is 2.25 bits per heavy atom. The predicted octanol–water partition coefficient (Wildman–Crippen LogP) is 3.74. The van der Waals surface area contributed by atoms with E-state index in [9.17, 15) is 14.7 Å². The summed E-state index contributed by atoms with van der Waals surface area (Å²) in [6.45, 7) is 9.44. The number of hydrogen-bond donors (Lipinski definition) is 1. The van der Waals surface area contributed by atoms with Crippen LogP contribution in [0.5, 0.6) is 0 Å². The first-order valence-electron chi connectivity index (χ1n) is 6.65. The van der Waals surface area contributed by atoms with Crippen molar-refractivity contribution < 1.29 is 14.7 Å². The molecule has 0 aliphatic carbocycles. The van der Waals surface area contributed by atoms with Gasteiger partial charge in [0.2, 0.25) is 0 Å². The second-order valence-corrected chi connectivity index (χ2v) is 5.47. The lowest BCUT2D eigenvalue weighted by Gasteiger charge is -2.14. The summed E-state index contributed by atoms with van der Waals surface area (Å²) in [5.41, 5.74) is 3.57. The summed E-state index contributed by atoms with van der Waals surface area (Å²) >= 11 is 0. The summed E-state index contributed by atoms with van der Waals surface area (Å²) in [7, 11) is 0. The molecule has 0 saturated carbocycles. The minimum Gasteiger partial charge on any atom is -0.478 e. The highest BCUT2D eigenvalue weighted by molar-refractivity contribution is 6.10. The third-order valence-electron chi connectivity index (χ3n) is 3.65. The van der Waals surface area contributed by atoms with Crippen LogP contribution in [0.3, 0.4) is 0 Å². The summed E-state index contributed by atoms with van der Waals surface area (Å²) in [6.07, 6.45) is 0. The van der Waals surface area contributed by atoms with Gasteiger partial charge >= 0.3 is 5.97 Å². The number of nitrogens with zero attached hydrogens (tertiary/aromatic N) is 1. The van der Waals surface area contributed by atoms with Gasteiger partial charge in [0.1, 0.15) is 0 Å². The van der Waals surface area contributed by atoms with Gasteiger partial charge in [0.05, 0.1) is 11.1 Å². The smallest absolute Gasteiger partial charge is 0.335 e. The normalized spacial score (nSPS) is 11.3. The number of carboxylic acids is 1. The quantitative estimate of drug-likeness (QED) is 0.867. The van der Waals surface area contributed by atoms with Gasteiger partial charge in [0.25, 0.3) is 0 Å². The number of ketones is 1. The maximum atomic E-state index is 11.9. The summed E-state index contributed by atoms with van der Waals surface area (Å²) in [6, 6.07) is 3.47. The van der Waals surface area contributed by atoms with Crippen LogP contribution in [0.2, 0.25) is 0 Å². The van der Waals surface area contributed by atoms with E-state index in [2.05, 4.69) is 18.4 Å². The van der Waals surface area contributed by atoms with Crippen LogP contribution in [-0.4, -0.2) is 21.4 Å². The van der Waals surface area contributed by atoms with E-state index in [1.165, 1.54) is 6.92 Å². The molecule has 0 fully saturated rings. The fraction of sp³-hybridized carbons (Fsp3) is 0.375. The molecule has 0 spiro atoms. The van der Waals surface area contributed by atoms with Crippen molar-refractivity contribution in [2.24, 2.45) is 0 Å². The number of aromatic nitrogens is 1. The Hall–Kier alpha value is -2.10. The lowest BCUT2D eigenvalue weighted by molar-refractivity contribution is 0.0696. The molecule has 1 heterocycles. The molecule has 1 aromatic heterocycles. The maximum absolute atomic E-state index is 11.9. The number of benzene rings is 1. The van der Waals surface area contributed by atoms with Gasteiger partial charge in [-0.05, 0) is 52.3 Å². The van der Waals surface area contributed by atoms with E-state index in [0.717, 1.165) is 22.2 Å². The zero-order valence-corrected chi connectivity index (χ0v) is 12.4. The van der Waals surface area contributed by atoms with Crippen LogP contribution >= 0.6 is 0 Å². The summed E-state index contributed by atoms with van der Waals surface area (Å²) in [4.78, 5) is 23.2. The van der Waals surface area contributed by atoms with E-state index in [1.807, 2.05) is 13.8 Å². The number of carbonyl (C=O) groups is 2. The molecule has 0 amide bonds. The molecule has 4 heteroatoms. The average Bonchev–Trinajstić information content (AvgIpc) is 2.61. The third-order valence-corrected chi connectivity index (χ3v) is 3.65. The summed E-state index contributed by atoms with van der Waals surface area (Å²) in [5.74, 6) is -1.01. The van der Waals surface area contributed by atoms with Crippen LogP contribution in [0.4, 0.5) is 0 Å². The number of Topliss-reactive ketones (excluding diaryl/α,β-unsaturated/α-hetero) is 1. The Bertz CT molecular complexity index is 723. The average molecular weight is 273 g/mol. The van der Waals surface area contributed by atoms with Gasteiger partial charge in [-0.2, -0.15) is 0 Å². The van der Waals surface area contributed by atoms with E-state index < -0.39 is 5.97 Å². The molecule has 20 heavy (non-hydrogen) atoms. The van der Waals surface area contributed by atoms with Crippen molar-refractivity contribution >= 4 is 22.7 Å². The maximum Gasteiger partial charge on any atom is 0.335 e. The van der Waals surface area contributed by atoms with Crippen LogP contribution in [-0.2, 0) is 0 Å². The van der Waals surface area contributed by atoms with Crippen LogP contribution < -0.4 is 0 Å². The fourth-order valence-electron chi connectivity index (χ4n) is 2.99. The number of aromatic carboxylic acids is 1. The van der Waals surface area contributed by atoms with Crippen molar-refractivity contribution in [2.75, 3.05) is 0 Å². The molecule has 2 aromatic rings. The molecule has 1 aromatic carbocycles. The van der Waals surface area contributed by atoms with Crippen LogP contribution in [0, 0.1) is 13.8 Å². The number of fused-ring (bicyclic) bond motifs is 1. The number of aryl methyl sites for hydroxylation is 1. The SMILES string of the molecule is CC(=O)c1c(C)n(C(C)C)c2c(C)cc(C(=O)O)cc12. The lowest BCUT2D eigenvalue weighted by Crippen LogP contribution is -2.05. The van der Waals surface area contributed by atoms with E-state index in [0.29, 0.717) is 5.56 Å². The van der Waals surface area contributed by atoms with Gasteiger partial charge in [-0.1, -0.05) is 0 Å². The largest absolute Gasteiger partial charge is 0.478 e. The molecule has 1 N–H and O–H groups in total. The van der Waals surface area contributed by atoms with E-state index in [4.69, 9.17) is 0 Å². The molecule has 106 valence electrons. The van der Waals surface area contributed by atoms with Crippen molar-refractivity contribution in [1.29, 1.82) is 0 Å². The van der Waals surface area contributed by atoms with Crippen molar-refractivity contribution in [2.45, 2.75) is 40.7 Å². The van der Waals surface area contributed by atoms with Gasteiger partial charge in [0.15, 0.2) is 5.78 Å². The zero-order chi connectivity index (χ0) is 15.2. The second kappa shape index (κ2) is 4.78. The lowest BCUT2D eigenvalue weighted by atomic mass is 10.0. The molecule has 4 nitrogen and oxygen atoms in total. The monoisotopic (exact) mass is 273 g/mol. The second-order valence-electron chi connectivity index (χ2n) is 5.47. The Morgan fingerprint density at radius 1 is 1.20 bits per heavy atom. The Morgan fingerprint density at radius 2 is 1.80 bits per heavy atom. The first-order valence-corrected chi connectivity index (χ1v) is 6.65. The van der Waals surface area contributed by atoms with Gasteiger partial charge in [-0.15, -0.1) is 0 Å². The van der Waals surface area contributed by atoms with Gasteiger partial charge < -0.3 is 9.67 Å². The molecule has 2 rings (SSSR count). The highest BCUT2D eigenvalue weighted by Gasteiger charge is 2.21. The number of hydrogen-bond acceptors (Lipinski definition) is 2. The molecule has 0 saturated heterocycles. The van der Waals surface area contributed by atoms with E-state index >= 15 is 0 Å². The Kier molecular flexibility index (Phi) is 3.42. The molecular weight excluding hydrogens is 254 g/mol. The number of rotatable bonds is 3. The minimum absolute atomic E-state index is 0.0335. The molecule has 0 radical (unpaired) electrons. The van der Waals surface area contributed by atoms with Gasteiger partial charge in [0, 0.05) is 22.7 Å². The summed E-state index contributed by atoms with van der Waals surface area (Å²) in [5, 5.41) is 9.93. The van der Waals surface area contributed by atoms with Crippen molar-refractivity contribution in [3.8, 4) is 0 Å². The van der Waals surface area contributed by atoms with Crippen molar-refractivity contribution in [3.63, 3.8) is 0 Å². The molecule has 0 atom stereocenters. The molecule has 0 aliphatic rings. The Labute approximate surface area is 118 Å². The van der Waals surface area contributed by atoms with Gasteiger partial charge in [-0.25, -0.2) is 4.79 Å². The standard InChI is InChI=1S/C16H19NO3/c1-8(2)17-10(4)14(11(5)18)13-7-12(16(19)20)6-9(3)15(13)17/h6-8H,1-5H3,(H,19,20). The molecule has 0 aliphatic heterocycles. The van der Waals surface area contributed by atoms with Crippen LogP contribution in [0.15, 0.2) is 12.1 Å². The minimum atomic E-state index is -0.973. The highest BCUT2D eigenvalue weighted by Crippen LogP contribution is 2.32. The molecule has 0 bridgehead atoms. The topological polar surface area (TPSA) is 59.3 Å². The fourth-order valence-corrected chi connectivity index (χ4v) is 2.99. The molecule has 0 unspecified atom stereocenters. The number of carbonyl (C=O) groups excluding carboxylic acids is 1. The van der Waals surface area contributed by atoms with Crippen LogP contribution in [0.25, 0.3) is 10.9 Å². The molecular formula is C16H19NO3. The highest BCUT2D eigenvalue weighted by atomic mass is 16.4. The van der Waals surface area contributed by atoms with Gasteiger partial charge in [-0.3, -0.25) is 4.79 Å². The first-order chi connectivity index (χ1) is 9.25. The summed E-state index contributed by atoms with van der Waals surface area (Å²) < 4.78 is 2.10. The zero-order valence-electron chi connectivity index (χ0n) is 12.4. The predicted molar refractivity (Wildman–Crippen MR) is 78.8 cm³/mol. The van der Waals surface area contributed by atoms with Crippen LogP contribution in [0.1, 0.15) is 58.8 Å². The van der Waals surface area contributed by atoms with Crippen molar-refractivity contribution in [3.05, 3.63) is 34.5 Å².